The molecular formula is C32H40N4O9S. The number of nitrogens with zero attached hydrogens (tertiary/aromatic N) is 2. The fourth-order valence-electron chi connectivity index (χ4n) is 7.20. The fraction of sp³-hybridized carbons (Fsp3) is 0.625. The molecule has 3 aliphatic heterocycles. The van der Waals surface area contributed by atoms with Crippen LogP contribution in [0, 0.1) is 17.8 Å². The number of amides is 4. The maximum absolute atomic E-state index is 14.0. The molecule has 1 aromatic carbocycles. The van der Waals surface area contributed by atoms with Gasteiger partial charge in [-0.15, -0.1) is 0 Å². The lowest BCUT2D eigenvalue weighted by Crippen LogP contribution is -2.54. The standard InChI is InChI=1S/C32H40N4O9S/c1-35-10-6-4-2-3-5-7-21-15-32(21,30(39)34-46(41,42)23-8-9-23)33-28(37)24-13-22(14-25(24)29(35)38)45-31(40)36-16-19-11-26-27(44-18-43-26)12-20(19)17-36/h5,7,11-12,21-25H,2-4,6,8-10,13-18H2,1H3,(H,33,37)(H,34,39)/b7-5-/t21-,22-,24-,25?,32-/m1/s1. The van der Waals surface area contributed by atoms with Gasteiger partial charge in [0.15, 0.2) is 11.5 Å². The van der Waals surface area contributed by atoms with Gasteiger partial charge in [-0.25, -0.2) is 13.2 Å². The molecule has 6 aliphatic rings. The third-order valence-corrected chi connectivity index (χ3v) is 12.0. The Morgan fingerprint density at radius 1 is 1.02 bits per heavy atom. The summed E-state index contributed by atoms with van der Waals surface area (Å²) in [6, 6.07) is 3.74. The molecule has 248 valence electrons. The molecule has 0 bridgehead atoms. The van der Waals surface area contributed by atoms with Crippen molar-refractivity contribution in [3.05, 3.63) is 35.4 Å². The van der Waals surface area contributed by atoms with Crippen molar-refractivity contribution >= 4 is 33.8 Å². The third-order valence-electron chi connectivity index (χ3n) is 10.2. The fourth-order valence-corrected chi connectivity index (χ4v) is 8.57. The summed E-state index contributed by atoms with van der Waals surface area (Å²) in [5.74, 6) is -2.18. The van der Waals surface area contributed by atoms with E-state index in [2.05, 4.69) is 10.0 Å². The molecule has 2 N–H and O–H groups in total. The summed E-state index contributed by atoms with van der Waals surface area (Å²) in [7, 11) is -2.11. The molecule has 14 heteroatoms. The van der Waals surface area contributed by atoms with Gasteiger partial charge in [0.25, 0.3) is 5.91 Å². The number of fused-ring (bicyclic) bond motifs is 4. The van der Waals surface area contributed by atoms with Crippen LogP contribution >= 0.6 is 0 Å². The first-order valence-corrected chi connectivity index (χ1v) is 17.8. The van der Waals surface area contributed by atoms with Crippen molar-refractivity contribution in [2.45, 2.75) is 87.8 Å². The van der Waals surface area contributed by atoms with Crippen molar-refractivity contribution in [1.82, 2.24) is 19.8 Å². The van der Waals surface area contributed by atoms with E-state index in [-0.39, 0.29) is 37.9 Å². The molecule has 3 heterocycles. The zero-order chi connectivity index (χ0) is 32.2. The largest absolute Gasteiger partial charge is 0.454 e. The molecule has 0 spiro atoms. The first kappa shape index (κ1) is 30.8. The van der Waals surface area contributed by atoms with E-state index >= 15 is 0 Å². The van der Waals surface area contributed by atoms with Crippen LogP contribution in [0.3, 0.4) is 0 Å². The molecule has 5 atom stereocenters. The smallest absolute Gasteiger partial charge is 0.410 e. The molecule has 4 amide bonds. The molecule has 0 saturated heterocycles. The van der Waals surface area contributed by atoms with Gasteiger partial charge in [0.1, 0.15) is 11.6 Å². The van der Waals surface area contributed by atoms with Crippen molar-refractivity contribution in [2.24, 2.45) is 17.8 Å². The molecule has 1 unspecified atom stereocenters. The molecule has 1 aromatic rings. The number of rotatable bonds is 4. The second-order valence-electron chi connectivity index (χ2n) is 13.5. The van der Waals surface area contributed by atoms with Gasteiger partial charge in [-0.3, -0.25) is 24.0 Å². The number of allylic oxidation sites excluding steroid dienone is 1. The van der Waals surface area contributed by atoms with Gasteiger partial charge >= 0.3 is 6.09 Å². The number of sulfonamides is 1. The molecule has 7 rings (SSSR count). The lowest BCUT2D eigenvalue weighted by Gasteiger charge is -2.26. The predicted molar refractivity (Wildman–Crippen MR) is 163 cm³/mol. The molecule has 13 nitrogen and oxygen atoms in total. The molecule has 0 radical (unpaired) electrons. The highest BCUT2D eigenvalue weighted by Crippen LogP contribution is 2.47. The second-order valence-corrected chi connectivity index (χ2v) is 15.5. The highest BCUT2D eigenvalue weighted by molar-refractivity contribution is 7.91. The number of carbonyl (C=O) groups is 4. The Labute approximate surface area is 268 Å². The SMILES string of the molecule is CN1CCCCC/C=C\[C@@H]2C[C@@]2(C(=O)NS(=O)(=O)C2CC2)NC(=O)[C@@H]2C[C@@H](OC(=O)N3Cc4cc5c(cc4C3)OCO5)CC2C1=O. The van der Waals surface area contributed by atoms with E-state index in [0.29, 0.717) is 44.0 Å². The number of hydrogen-bond acceptors (Lipinski definition) is 9. The molecule has 3 aliphatic carbocycles. The Morgan fingerprint density at radius 3 is 2.41 bits per heavy atom. The van der Waals surface area contributed by atoms with E-state index in [1.54, 1.807) is 16.8 Å². The van der Waals surface area contributed by atoms with E-state index in [1.165, 1.54) is 0 Å². The maximum Gasteiger partial charge on any atom is 0.410 e. The van der Waals surface area contributed by atoms with Crippen LogP contribution in [0.5, 0.6) is 11.5 Å². The average molecular weight is 657 g/mol. The van der Waals surface area contributed by atoms with E-state index in [0.717, 1.165) is 36.8 Å². The monoisotopic (exact) mass is 656 g/mol. The van der Waals surface area contributed by atoms with Gasteiger partial charge in [0.2, 0.25) is 28.6 Å². The van der Waals surface area contributed by atoms with Crippen molar-refractivity contribution < 1.29 is 41.8 Å². The summed E-state index contributed by atoms with van der Waals surface area (Å²) in [6.45, 7) is 1.37. The lowest BCUT2D eigenvalue weighted by molar-refractivity contribution is -0.140. The number of carbonyl (C=O) groups excluding carboxylic acids is 4. The summed E-state index contributed by atoms with van der Waals surface area (Å²) < 4.78 is 44.4. The van der Waals surface area contributed by atoms with Crippen LogP contribution in [0.25, 0.3) is 0 Å². The number of hydrogen-bond donors (Lipinski definition) is 2. The van der Waals surface area contributed by atoms with E-state index in [1.807, 2.05) is 24.3 Å². The average Bonchev–Trinajstić information content (AvgIpc) is 3.83. The quantitative estimate of drug-likeness (QED) is 0.464. The van der Waals surface area contributed by atoms with Gasteiger partial charge in [0, 0.05) is 32.6 Å². The van der Waals surface area contributed by atoms with Gasteiger partial charge in [-0.2, -0.15) is 0 Å². The summed E-state index contributed by atoms with van der Waals surface area (Å²) >= 11 is 0. The van der Waals surface area contributed by atoms with Crippen LogP contribution in [0.4, 0.5) is 4.79 Å². The second kappa shape index (κ2) is 11.8. The van der Waals surface area contributed by atoms with Crippen LogP contribution in [0.15, 0.2) is 24.3 Å². The molecular weight excluding hydrogens is 616 g/mol. The Bertz CT molecular complexity index is 1560. The first-order chi connectivity index (χ1) is 22.0. The minimum absolute atomic E-state index is 0.108. The van der Waals surface area contributed by atoms with E-state index in [4.69, 9.17) is 14.2 Å². The van der Waals surface area contributed by atoms with Crippen LogP contribution in [-0.4, -0.2) is 79.3 Å². The van der Waals surface area contributed by atoms with Crippen molar-refractivity contribution in [1.29, 1.82) is 0 Å². The van der Waals surface area contributed by atoms with Gasteiger partial charge in [-0.05, 0) is 74.6 Å². The summed E-state index contributed by atoms with van der Waals surface area (Å²) in [5.41, 5.74) is 0.458. The van der Waals surface area contributed by atoms with Crippen molar-refractivity contribution in [3.63, 3.8) is 0 Å². The first-order valence-electron chi connectivity index (χ1n) is 16.2. The Balaban J connectivity index is 1.08. The van der Waals surface area contributed by atoms with E-state index in [9.17, 15) is 27.6 Å². The summed E-state index contributed by atoms with van der Waals surface area (Å²) in [6.07, 6.45) is 7.57. The van der Waals surface area contributed by atoms with Crippen LogP contribution < -0.4 is 19.5 Å². The number of nitrogens with one attached hydrogen (secondary N) is 2. The van der Waals surface area contributed by atoms with Gasteiger partial charge in [0.05, 0.1) is 17.1 Å². The third kappa shape index (κ3) is 5.91. The molecule has 3 fully saturated rings. The minimum atomic E-state index is -3.83. The zero-order valence-corrected chi connectivity index (χ0v) is 26.7. The van der Waals surface area contributed by atoms with Crippen LogP contribution in [0.2, 0.25) is 0 Å². The number of ether oxygens (including phenoxy) is 3. The lowest BCUT2D eigenvalue weighted by atomic mass is 9.93. The van der Waals surface area contributed by atoms with Crippen molar-refractivity contribution in [3.8, 4) is 11.5 Å². The Morgan fingerprint density at radius 2 is 1.72 bits per heavy atom. The number of benzene rings is 1. The van der Waals surface area contributed by atoms with Crippen LogP contribution in [-0.2, 0) is 42.2 Å². The highest BCUT2D eigenvalue weighted by Gasteiger charge is 2.62. The normalized spacial score (nSPS) is 31.5. The zero-order valence-electron chi connectivity index (χ0n) is 25.9. The minimum Gasteiger partial charge on any atom is -0.454 e. The van der Waals surface area contributed by atoms with Gasteiger partial charge < -0.3 is 24.4 Å². The Hall–Kier alpha value is -3.81. The molecule has 3 saturated carbocycles. The van der Waals surface area contributed by atoms with E-state index < -0.39 is 56.7 Å². The summed E-state index contributed by atoms with van der Waals surface area (Å²) in [4.78, 5) is 57.7. The van der Waals surface area contributed by atoms with Crippen molar-refractivity contribution in [2.75, 3.05) is 20.4 Å². The topological polar surface area (TPSA) is 161 Å². The van der Waals surface area contributed by atoms with Gasteiger partial charge in [-0.1, -0.05) is 18.6 Å². The van der Waals surface area contributed by atoms with Crippen LogP contribution in [0.1, 0.15) is 68.9 Å². The Kier molecular flexibility index (Phi) is 7.89. The maximum atomic E-state index is 14.0. The molecule has 46 heavy (non-hydrogen) atoms. The molecule has 0 aromatic heterocycles. The predicted octanol–water partition coefficient (Wildman–Crippen LogP) is 2.33. The summed E-state index contributed by atoms with van der Waals surface area (Å²) in [5, 5.41) is 2.29. The highest BCUT2D eigenvalue weighted by atomic mass is 32.2.